The monoisotopic (exact) mass is 263 g/mol. The van der Waals surface area contributed by atoms with Gasteiger partial charge in [-0.15, -0.1) is 0 Å². The van der Waals surface area contributed by atoms with E-state index in [1.165, 1.54) is 18.2 Å². The van der Waals surface area contributed by atoms with Crippen molar-refractivity contribution >= 4 is 0 Å². The third-order valence-corrected chi connectivity index (χ3v) is 3.41. The molecule has 2 rings (SSSR count). The van der Waals surface area contributed by atoms with Crippen molar-refractivity contribution in [3.8, 4) is 5.75 Å². The molecule has 0 radical (unpaired) electrons. The number of hydrogen-bond donors (Lipinski definition) is 1. The largest absolute Gasteiger partial charge is 0.508 e. The van der Waals surface area contributed by atoms with Crippen molar-refractivity contribution in [3.05, 3.63) is 47.8 Å². The molecular weight excluding hydrogens is 245 g/mol. The summed E-state index contributed by atoms with van der Waals surface area (Å²) in [5.41, 5.74) is 0.580. The summed E-state index contributed by atoms with van der Waals surface area (Å²) in [5.74, 6) is 0.691. The predicted molar refractivity (Wildman–Crippen MR) is 71.2 cm³/mol. The predicted octanol–water partition coefficient (Wildman–Crippen LogP) is 2.46. The van der Waals surface area contributed by atoms with Gasteiger partial charge in [-0.1, -0.05) is 0 Å². The molecule has 1 aromatic heterocycles. The van der Waals surface area contributed by atoms with E-state index in [-0.39, 0.29) is 17.6 Å². The van der Waals surface area contributed by atoms with Gasteiger partial charge in [0.25, 0.3) is 0 Å². The highest BCUT2D eigenvalue weighted by Gasteiger charge is 2.17. The zero-order valence-corrected chi connectivity index (χ0v) is 11.3. The number of aryl methyl sites for hydroxylation is 1. The molecule has 1 aromatic carbocycles. The van der Waals surface area contributed by atoms with Gasteiger partial charge in [0.15, 0.2) is 0 Å². The fraction of sp³-hybridized carbons (Fsp3) is 0.357. The molecule has 0 aliphatic carbocycles. The second-order valence-corrected chi connectivity index (χ2v) is 4.75. The first-order chi connectivity index (χ1) is 8.99. The van der Waals surface area contributed by atoms with Crippen LogP contribution in [0.15, 0.2) is 30.6 Å². The lowest BCUT2D eigenvalue weighted by Crippen LogP contribution is -2.23. The van der Waals surface area contributed by atoms with Crippen molar-refractivity contribution in [2.45, 2.75) is 19.5 Å². The van der Waals surface area contributed by atoms with Crippen LogP contribution in [0.4, 0.5) is 4.39 Å². The third-order valence-electron chi connectivity index (χ3n) is 3.41. The van der Waals surface area contributed by atoms with E-state index in [2.05, 4.69) is 4.98 Å². The minimum absolute atomic E-state index is 0.104. The van der Waals surface area contributed by atoms with Crippen molar-refractivity contribution in [1.29, 1.82) is 0 Å². The summed E-state index contributed by atoms with van der Waals surface area (Å²) in [6, 6.07) is 3.90. The van der Waals surface area contributed by atoms with Crippen molar-refractivity contribution in [2.75, 3.05) is 7.05 Å². The van der Waals surface area contributed by atoms with Gasteiger partial charge in [0.2, 0.25) is 0 Å². The van der Waals surface area contributed by atoms with Crippen LogP contribution < -0.4 is 0 Å². The fourth-order valence-corrected chi connectivity index (χ4v) is 2.01. The van der Waals surface area contributed by atoms with Crippen LogP contribution in [-0.4, -0.2) is 26.6 Å². The third kappa shape index (κ3) is 2.93. The van der Waals surface area contributed by atoms with Crippen molar-refractivity contribution in [3.63, 3.8) is 0 Å². The Bertz CT molecular complexity index is 568. The number of phenolic OH excluding ortho intramolecular Hbond substituents is 1. The Morgan fingerprint density at radius 1 is 1.47 bits per heavy atom. The molecule has 0 bridgehead atoms. The van der Waals surface area contributed by atoms with E-state index in [9.17, 15) is 9.50 Å². The van der Waals surface area contributed by atoms with Crippen LogP contribution in [0, 0.1) is 5.82 Å². The highest BCUT2D eigenvalue weighted by atomic mass is 19.1. The van der Waals surface area contributed by atoms with Crippen molar-refractivity contribution < 1.29 is 9.50 Å². The maximum Gasteiger partial charge on any atom is 0.123 e. The second-order valence-electron chi connectivity index (χ2n) is 4.75. The number of rotatable bonds is 4. The SMILES string of the molecule is CC(c1cc(F)ccc1O)N(C)Cc1nccn1C. The van der Waals surface area contributed by atoms with E-state index in [1.807, 2.05) is 36.7 Å². The Morgan fingerprint density at radius 2 is 2.21 bits per heavy atom. The zero-order chi connectivity index (χ0) is 14.0. The normalized spacial score (nSPS) is 12.9. The molecule has 0 saturated carbocycles. The number of aromatic nitrogens is 2. The van der Waals surface area contributed by atoms with Crippen LogP contribution in [0.25, 0.3) is 0 Å². The molecule has 0 aliphatic heterocycles. The van der Waals surface area contributed by atoms with Gasteiger partial charge in [-0.05, 0) is 32.2 Å². The summed E-state index contributed by atoms with van der Waals surface area (Å²) in [6.45, 7) is 2.55. The molecule has 1 N–H and O–H groups in total. The summed E-state index contributed by atoms with van der Waals surface area (Å²) >= 11 is 0. The molecule has 2 aromatic rings. The summed E-state index contributed by atoms with van der Waals surface area (Å²) in [7, 11) is 3.85. The molecule has 1 unspecified atom stereocenters. The van der Waals surface area contributed by atoms with Crippen molar-refractivity contribution in [2.24, 2.45) is 7.05 Å². The fourth-order valence-electron chi connectivity index (χ4n) is 2.01. The minimum Gasteiger partial charge on any atom is -0.508 e. The lowest BCUT2D eigenvalue weighted by atomic mass is 10.1. The number of benzene rings is 1. The van der Waals surface area contributed by atoms with Crippen LogP contribution in [0.2, 0.25) is 0 Å². The van der Waals surface area contributed by atoms with Crippen molar-refractivity contribution in [1.82, 2.24) is 14.5 Å². The lowest BCUT2D eigenvalue weighted by molar-refractivity contribution is 0.239. The Balaban J connectivity index is 2.17. The van der Waals surface area contributed by atoms with Crippen LogP contribution in [0.1, 0.15) is 24.4 Å². The Labute approximate surface area is 112 Å². The molecule has 102 valence electrons. The Morgan fingerprint density at radius 3 is 2.84 bits per heavy atom. The molecular formula is C14H18FN3O. The number of phenols is 1. The maximum atomic E-state index is 13.3. The number of hydrogen-bond acceptors (Lipinski definition) is 3. The topological polar surface area (TPSA) is 41.3 Å². The van der Waals surface area contributed by atoms with Gasteiger partial charge >= 0.3 is 0 Å². The molecule has 0 amide bonds. The second kappa shape index (κ2) is 5.40. The Hall–Kier alpha value is -1.88. The summed E-state index contributed by atoms with van der Waals surface area (Å²) in [4.78, 5) is 6.27. The highest BCUT2D eigenvalue weighted by Crippen LogP contribution is 2.28. The molecule has 0 saturated heterocycles. The Kier molecular flexibility index (Phi) is 3.85. The summed E-state index contributed by atoms with van der Waals surface area (Å²) < 4.78 is 15.2. The van der Waals surface area contributed by atoms with Crippen LogP contribution in [-0.2, 0) is 13.6 Å². The molecule has 19 heavy (non-hydrogen) atoms. The number of nitrogens with zero attached hydrogens (tertiary/aromatic N) is 3. The van der Waals surface area contributed by atoms with Gasteiger partial charge < -0.3 is 9.67 Å². The number of imidazole rings is 1. The van der Waals surface area contributed by atoms with Gasteiger partial charge in [0.05, 0.1) is 6.54 Å². The van der Waals surface area contributed by atoms with E-state index in [0.717, 1.165) is 5.82 Å². The molecule has 0 fully saturated rings. The minimum atomic E-state index is -0.343. The molecule has 0 spiro atoms. The first kappa shape index (κ1) is 13.5. The van der Waals surface area contributed by atoms with Crippen LogP contribution >= 0.6 is 0 Å². The van der Waals surface area contributed by atoms with Gasteiger partial charge in [0.1, 0.15) is 17.4 Å². The van der Waals surface area contributed by atoms with E-state index >= 15 is 0 Å². The molecule has 4 nitrogen and oxygen atoms in total. The maximum absolute atomic E-state index is 13.3. The van der Waals surface area contributed by atoms with Gasteiger partial charge in [-0.2, -0.15) is 0 Å². The number of halogens is 1. The van der Waals surface area contributed by atoms with Crippen LogP contribution in [0.5, 0.6) is 5.75 Å². The molecule has 1 heterocycles. The zero-order valence-electron chi connectivity index (χ0n) is 11.3. The van der Waals surface area contributed by atoms with Gasteiger partial charge in [-0.3, -0.25) is 4.90 Å². The standard InChI is InChI=1S/C14H18FN3O/c1-10(12-8-11(15)4-5-13(12)19)18(3)9-14-16-6-7-17(14)2/h4-8,10,19H,9H2,1-3H3. The van der Waals surface area contributed by atoms with Crippen LogP contribution in [0.3, 0.4) is 0 Å². The number of aromatic hydroxyl groups is 1. The molecule has 0 aliphatic rings. The summed E-state index contributed by atoms with van der Waals surface area (Å²) in [6.07, 6.45) is 3.63. The van der Waals surface area contributed by atoms with Gasteiger partial charge in [-0.25, -0.2) is 9.37 Å². The van der Waals surface area contributed by atoms with E-state index in [1.54, 1.807) is 6.20 Å². The summed E-state index contributed by atoms with van der Waals surface area (Å²) in [5, 5.41) is 9.82. The quantitative estimate of drug-likeness (QED) is 0.921. The lowest BCUT2D eigenvalue weighted by Gasteiger charge is -2.25. The first-order valence-corrected chi connectivity index (χ1v) is 6.14. The first-order valence-electron chi connectivity index (χ1n) is 6.14. The average molecular weight is 263 g/mol. The van der Waals surface area contributed by atoms with E-state index in [4.69, 9.17) is 0 Å². The van der Waals surface area contributed by atoms with E-state index < -0.39 is 0 Å². The smallest absolute Gasteiger partial charge is 0.123 e. The molecule has 5 heteroatoms. The van der Waals surface area contributed by atoms with E-state index in [0.29, 0.717) is 12.1 Å². The highest BCUT2D eigenvalue weighted by molar-refractivity contribution is 5.34. The van der Waals surface area contributed by atoms with Gasteiger partial charge in [0, 0.05) is 31.0 Å². The molecule has 1 atom stereocenters. The average Bonchev–Trinajstić information content (AvgIpc) is 2.77.